The molecule has 0 atom stereocenters. The van der Waals surface area contributed by atoms with E-state index in [-0.39, 0.29) is 4.90 Å². The standard InChI is InChI=1S/C19H16N4O2S/c20-11-16-10-17(15-4-2-1-3-5-15)13-23-19(16)22-12-14-6-8-18(9-7-14)26(21,24)25/h1-10,13H,12H2,(H,22,23)(H2,21,24,25). The molecule has 0 aliphatic rings. The summed E-state index contributed by atoms with van der Waals surface area (Å²) in [5, 5.41) is 17.6. The van der Waals surface area contributed by atoms with Crippen LogP contribution in [0.4, 0.5) is 5.82 Å². The van der Waals surface area contributed by atoms with Gasteiger partial charge in [0.25, 0.3) is 0 Å². The Bertz CT molecular complexity index is 1060. The van der Waals surface area contributed by atoms with Gasteiger partial charge in [-0.2, -0.15) is 5.26 Å². The number of nitriles is 1. The van der Waals surface area contributed by atoms with E-state index < -0.39 is 10.0 Å². The van der Waals surface area contributed by atoms with Gasteiger partial charge in [-0.1, -0.05) is 42.5 Å². The van der Waals surface area contributed by atoms with E-state index in [2.05, 4.69) is 16.4 Å². The van der Waals surface area contributed by atoms with Crippen molar-refractivity contribution in [2.24, 2.45) is 5.14 Å². The Morgan fingerprint density at radius 1 is 1.04 bits per heavy atom. The van der Waals surface area contributed by atoms with Crippen molar-refractivity contribution in [3.63, 3.8) is 0 Å². The summed E-state index contributed by atoms with van der Waals surface area (Å²) in [6.07, 6.45) is 1.71. The van der Waals surface area contributed by atoms with Gasteiger partial charge in [-0.15, -0.1) is 0 Å². The summed E-state index contributed by atoms with van der Waals surface area (Å²) in [6, 6.07) is 19.9. The van der Waals surface area contributed by atoms with Crippen molar-refractivity contribution in [3.05, 3.63) is 78.0 Å². The van der Waals surface area contributed by atoms with E-state index in [4.69, 9.17) is 5.14 Å². The molecule has 0 spiro atoms. The number of pyridine rings is 1. The maximum absolute atomic E-state index is 11.3. The molecule has 0 amide bonds. The lowest BCUT2D eigenvalue weighted by Gasteiger charge is -2.09. The highest BCUT2D eigenvalue weighted by Gasteiger charge is 2.09. The van der Waals surface area contributed by atoms with Crippen LogP contribution < -0.4 is 10.5 Å². The fraction of sp³-hybridized carbons (Fsp3) is 0.0526. The summed E-state index contributed by atoms with van der Waals surface area (Å²) in [5.41, 5.74) is 3.13. The van der Waals surface area contributed by atoms with Gasteiger partial charge in [0.2, 0.25) is 10.0 Å². The van der Waals surface area contributed by atoms with Crippen molar-refractivity contribution >= 4 is 15.8 Å². The van der Waals surface area contributed by atoms with Crippen LogP contribution in [0.3, 0.4) is 0 Å². The zero-order chi connectivity index (χ0) is 18.6. The van der Waals surface area contributed by atoms with Crippen LogP contribution in [0.5, 0.6) is 0 Å². The van der Waals surface area contributed by atoms with Gasteiger partial charge < -0.3 is 5.32 Å². The number of nitrogens with one attached hydrogen (secondary N) is 1. The normalized spacial score (nSPS) is 10.9. The van der Waals surface area contributed by atoms with Crippen LogP contribution in [-0.4, -0.2) is 13.4 Å². The Labute approximate surface area is 152 Å². The third-order valence-electron chi connectivity index (χ3n) is 3.83. The molecule has 0 saturated heterocycles. The number of nitrogens with zero attached hydrogens (tertiary/aromatic N) is 2. The molecule has 3 N–H and O–H groups in total. The zero-order valence-electron chi connectivity index (χ0n) is 13.8. The van der Waals surface area contributed by atoms with E-state index in [1.165, 1.54) is 12.1 Å². The Kier molecular flexibility index (Phi) is 4.98. The second-order valence-electron chi connectivity index (χ2n) is 5.64. The van der Waals surface area contributed by atoms with E-state index in [9.17, 15) is 13.7 Å². The van der Waals surface area contributed by atoms with Gasteiger partial charge in [-0.05, 0) is 29.3 Å². The van der Waals surface area contributed by atoms with Crippen LogP contribution in [0.25, 0.3) is 11.1 Å². The number of rotatable bonds is 5. The maximum atomic E-state index is 11.3. The van der Waals surface area contributed by atoms with Gasteiger partial charge in [0.05, 0.1) is 10.5 Å². The molecule has 6 nitrogen and oxygen atoms in total. The summed E-state index contributed by atoms with van der Waals surface area (Å²) < 4.78 is 22.5. The smallest absolute Gasteiger partial charge is 0.238 e. The highest BCUT2D eigenvalue weighted by Crippen LogP contribution is 2.23. The molecule has 26 heavy (non-hydrogen) atoms. The molecule has 3 rings (SSSR count). The van der Waals surface area contributed by atoms with E-state index in [1.54, 1.807) is 24.4 Å². The van der Waals surface area contributed by atoms with Crippen molar-refractivity contribution in [3.8, 4) is 17.2 Å². The van der Waals surface area contributed by atoms with Crippen molar-refractivity contribution in [1.29, 1.82) is 5.26 Å². The topological polar surface area (TPSA) is 109 Å². The molecule has 1 heterocycles. The highest BCUT2D eigenvalue weighted by molar-refractivity contribution is 7.89. The minimum atomic E-state index is -3.70. The second kappa shape index (κ2) is 7.35. The Balaban J connectivity index is 1.77. The first kappa shape index (κ1) is 17.6. The number of anilines is 1. The summed E-state index contributed by atoms with van der Waals surface area (Å²) in [4.78, 5) is 4.41. The van der Waals surface area contributed by atoms with Crippen molar-refractivity contribution in [1.82, 2.24) is 4.98 Å². The van der Waals surface area contributed by atoms with Gasteiger partial charge in [0.15, 0.2) is 0 Å². The number of hydrogen-bond donors (Lipinski definition) is 2. The van der Waals surface area contributed by atoms with Gasteiger partial charge in [0, 0.05) is 18.3 Å². The SMILES string of the molecule is N#Cc1cc(-c2ccccc2)cnc1NCc1ccc(S(N)(=O)=O)cc1. The summed E-state index contributed by atoms with van der Waals surface area (Å²) in [5.74, 6) is 0.475. The fourth-order valence-corrected chi connectivity index (χ4v) is 2.98. The predicted octanol–water partition coefficient (Wildman–Crippen LogP) is 2.88. The van der Waals surface area contributed by atoms with Crippen LogP contribution in [0, 0.1) is 11.3 Å². The van der Waals surface area contributed by atoms with E-state index in [0.717, 1.165) is 16.7 Å². The van der Waals surface area contributed by atoms with Gasteiger partial charge in [-0.25, -0.2) is 18.5 Å². The molecular formula is C19H16N4O2S. The zero-order valence-corrected chi connectivity index (χ0v) is 14.6. The van der Waals surface area contributed by atoms with Gasteiger partial charge in [-0.3, -0.25) is 0 Å². The van der Waals surface area contributed by atoms with E-state index >= 15 is 0 Å². The van der Waals surface area contributed by atoms with E-state index in [1.807, 2.05) is 30.3 Å². The largest absolute Gasteiger partial charge is 0.365 e. The van der Waals surface area contributed by atoms with Gasteiger partial charge in [0.1, 0.15) is 11.9 Å². The second-order valence-corrected chi connectivity index (χ2v) is 7.20. The number of nitrogens with two attached hydrogens (primary N) is 1. The Morgan fingerprint density at radius 3 is 2.35 bits per heavy atom. The lowest BCUT2D eigenvalue weighted by Crippen LogP contribution is -2.12. The fourth-order valence-electron chi connectivity index (χ4n) is 2.46. The molecule has 0 unspecified atom stereocenters. The number of benzene rings is 2. The number of sulfonamides is 1. The molecule has 0 bridgehead atoms. The van der Waals surface area contributed by atoms with Crippen LogP contribution >= 0.6 is 0 Å². The molecule has 2 aromatic carbocycles. The minimum absolute atomic E-state index is 0.0595. The summed E-state index contributed by atoms with van der Waals surface area (Å²) >= 11 is 0. The molecule has 130 valence electrons. The first-order valence-electron chi connectivity index (χ1n) is 7.78. The van der Waals surface area contributed by atoms with Crippen molar-refractivity contribution in [2.45, 2.75) is 11.4 Å². The first-order chi connectivity index (χ1) is 12.5. The summed E-state index contributed by atoms with van der Waals surface area (Å²) in [7, 11) is -3.70. The minimum Gasteiger partial charge on any atom is -0.365 e. The van der Waals surface area contributed by atoms with Crippen LogP contribution in [0.2, 0.25) is 0 Å². The van der Waals surface area contributed by atoms with Crippen LogP contribution in [0.15, 0.2) is 71.8 Å². The molecule has 1 aromatic heterocycles. The quantitative estimate of drug-likeness (QED) is 0.723. The Morgan fingerprint density at radius 2 is 1.73 bits per heavy atom. The maximum Gasteiger partial charge on any atom is 0.238 e. The summed E-state index contributed by atoms with van der Waals surface area (Å²) in [6.45, 7) is 0.400. The monoisotopic (exact) mass is 364 g/mol. The molecule has 0 aliphatic heterocycles. The molecule has 0 saturated carbocycles. The van der Waals surface area contributed by atoms with Crippen LogP contribution in [0.1, 0.15) is 11.1 Å². The molecular weight excluding hydrogens is 348 g/mol. The van der Waals surface area contributed by atoms with Gasteiger partial charge >= 0.3 is 0 Å². The van der Waals surface area contributed by atoms with Crippen molar-refractivity contribution < 1.29 is 8.42 Å². The highest BCUT2D eigenvalue weighted by atomic mass is 32.2. The average Bonchev–Trinajstić information content (AvgIpc) is 2.66. The average molecular weight is 364 g/mol. The number of aromatic nitrogens is 1. The van der Waals surface area contributed by atoms with Crippen LogP contribution in [-0.2, 0) is 16.6 Å². The third kappa shape index (κ3) is 4.06. The molecule has 7 heteroatoms. The molecule has 0 radical (unpaired) electrons. The molecule has 3 aromatic rings. The molecule has 0 aliphatic carbocycles. The number of hydrogen-bond acceptors (Lipinski definition) is 5. The molecule has 0 fully saturated rings. The van der Waals surface area contributed by atoms with Crippen molar-refractivity contribution in [2.75, 3.05) is 5.32 Å². The van der Waals surface area contributed by atoms with E-state index in [0.29, 0.717) is 17.9 Å². The lowest BCUT2D eigenvalue weighted by molar-refractivity contribution is 0.598. The first-order valence-corrected chi connectivity index (χ1v) is 9.33. The third-order valence-corrected chi connectivity index (χ3v) is 4.76. The lowest BCUT2D eigenvalue weighted by atomic mass is 10.1. The number of primary sulfonamides is 1. The predicted molar refractivity (Wildman–Crippen MR) is 99.5 cm³/mol. The Hall–Kier alpha value is -3.21.